The van der Waals surface area contributed by atoms with Crippen molar-refractivity contribution < 1.29 is 4.79 Å². The number of amides is 1. The number of aryl methyl sites for hydroxylation is 3. The number of anilines is 1. The quantitative estimate of drug-likeness (QED) is 0.407. The van der Waals surface area contributed by atoms with E-state index in [0.717, 1.165) is 31.8 Å². The highest BCUT2D eigenvalue weighted by molar-refractivity contribution is 7.20. The maximum atomic E-state index is 12.9. The highest BCUT2D eigenvalue weighted by atomic mass is 32.1. The van der Waals surface area contributed by atoms with Gasteiger partial charge in [0.25, 0.3) is 5.91 Å². The molecule has 0 atom stereocenters. The summed E-state index contributed by atoms with van der Waals surface area (Å²) in [5.41, 5.74) is 4.81. The van der Waals surface area contributed by atoms with Crippen molar-refractivity contribution in [1.82, 2.24) is 14.8 Å². The van der Waals surface area contributed by atoms with Crippen LogP contribution in [-0.4, -0.2) is 20.7 Å². The lowest BCUT2D eigenvalue weighted by atomic mass is 10.1. The number of carbonyl (C=O) groups is 1. The van der Waals surface area contributed by atoms with Crippen molar-refractivity contribution in [2.24, 2.45) is 0 Å². The van der Waals surface area contributed by atoms with Crippen LogP contribution in [0, 0.1) is 20.8 Å². The van der Waals surface area contributed by atoms with Gasteiger partial charge in [0, 0.05) is 11.6 Å². The first-order valence-electron chi connectivity index (χ1n) is 9.73. The first-order chi connectivity index (χ1) is 14.5. The molecule has 2 heterocycles. The minimum Gasteiger partial charge on any atom is -0.306 e. The number of rotatable bonds is 3. The van der Waals surface area contributed by atoms with Crippen molar-refractivity contribution in [3.63, 3.8) is 0 Å². The Bertz CT molecular complexity index is 1390. The van der Waals surface area contributed by atoms with Gasteiger partial charge in [-0.15, -0.1) is 0 Å². The van der Waals surface area contributed by atoms with Gasteiger partial charge < -0.3 is 5.32 Å². The molecule has 0 unspecified atom stereocenters. The maximum Gasteiger partial charge on any atom is 0.256 e. The molecule has 0 fully saturated rings. The van der Waals surface area contributed by atoms with Crippen LogP contribution in [0.3, 0.4) is 0 Å². The fraction of sp³-hybridized carbons (Fsp3) is 0.125. The molecule has 0 radical (unpaired) electrons. The Morgan fingerprint density at radius 2 is 1.70 bits per heavy atom. The van der Waals surface area contributed by atoms with Crippen molar-refractivity contribution in [2.75, 3.05) is 5.32 Å². The summed E-state index contributed by atoms with van der Waals surface area (Å²) < 4.78 is 2.82. The summed E-state index contributed by atoms with van der Waals surface area (Å²) >= 11 is 1.56. The van der Waals surface area contributed by atoms with E-state index in [2.05, 4.69) is 36.4 Å². The van der Waals surface area contributed by atoms with Crippen LogP contribution in [0.5, 0.6) is 0 Å². The van der Waals surface area contributed by atoms with Crippen molar-refractivity contribution >= 4 is 44.1 Å². The van der Waals surface area contributed by atoms with E-state index in [1.807, 2.05) is 55.5 Å². The Morgan fingerprint density at radius 1 is 0.933 bits per heavy atom. The monoisotopic (exact) mass is 412 g/mol. The molecule has 5 aromatic rings. The van der Waals surface area contributed by atoms with Gasteiger partial charge in [-0.05, 0) is 66.9 Å². The number of nitrogens with zero attached hydrogens (tertiary/aromatic N) is 3. The lowest BCUT2D eigenvalue weighted by molar-refractivity contribution is 0.102. The molecule has 0 saturated heterocycles. The number of benzene rings is 3. The molecule has 6 heteroatoms. The predicted octanol–water partition coefficient (Wildman–Crippen LogP) is 5.81. The van der Waals surface area contributed by atoms with Crippen LogP contribution in [0.4, 0.5) is 5.82 Å². The molecular weight excluding hydrogens is 392 g/mol. The molecule has 2 aromatic heterocycles. The van der Waals surface area contributed by atoms with E-state index in [1.165, 1.54) is 11.1 Å². The molecule has 0 aliphatic heterocycles. The molecule has 0 spiro atoms. The molecule has 1 amide bonds. The SMILES string of the molecule is Cc1cc(NC(=O)c2ccc3ccccc3c2)n(-c2nc3cc(C)c(C)cc3s2)n1. The van der Waals surface area contributed by atoms with E-state index in [0.29, 0.717) is 11.4 Å². The van der Waals surface area contributed by atoms with Crippen LogP contribution < -0.4 is 5.32 Å². The van der Waals surface area contributed by atoms with Gasteiger partial charge in [-0.1, -0.05) is 41.7 Å². The molecule has 30 heavy (non-hydrogen) atoms. The summed E-state index contributed by atoms with van der Waals surface area (Å²) in [6, 6.07) is 19.8. The summed E-state index contributed by atoms with van der Waals surface area (Å²) in [4.78, 5) is 17.7. The molecule has 0 aliphatic rings. The third-order valence-corrected chi connectivity index (χ3v) is 6.25. The first-order valence-corrected chi connectivity index (χ1v) is 10.5. The van der Waals surface area contributed by atoms with Gasteiger partial charge in [-0.25, -0.2) is 4.98 Å². The van der Waals surface area contributed by atoms with Gasteiger partial charge >= 0.3 is 0 Å². The Labute approximate surface area is 178 Å². The third-order valence-electron chi connectivity index (χ3n) is 5.26. The Kier molecular flexibility index (Phi) is 4.37. The summed E-state index contributed by atoms with van der Waals surface area (Å²) in [7, 11) is 0. The second-order valence-electron chi connectivity index (χ2n) is 7.50. The molecule has 5 rings (SSSR count). The van der Waals surface area contributed by atoms with E-state index in [9.17, 15) is 4.79 Å². The highest BCUT2D eigenvalue weighted by Gasteiger charge is 2.16. The van der Waals surface area contributed by atoms with Crippen LogP contribution in [0.2, 0.25) is 0 Å². The van der Waals surface area contributed by atoms with E-state index < -0.39 is 0 Å². The average molecular weight is 413 g/mol. The summed E-state index contributed by atoms with van der Waals surface area (Å²) in [5.74, 6) is 0.438. The fourth-order valence-corrected chi connectivity index (χ4v) is 4.52. The molecule has 0 aliphatic carbocycles. The van der Waals surface area contributed by atoms with E-state index >= 15 is 0 Å². The molecule has 5 nitrogen and oxygen atoms in total. The zero-order valence-electron chi connectivity index (χ0n) is 16.9. The molecule has 148 valence electrons. The number of aromatic nitrogens is 3. The number of nitrogens with one attached hydrogen (secondary N) is 1. The van der Waals surface area contributed by atoms with Gasteiger partial charge in [-0.3, -0.25) is 4.79 Å². The number of hydrogen-bond donors (Lipinski definition) is 1. The lowest BCUT2D eigenvalue weighted by Crippen LogP contribution is -2.15. The number of fused-ring (bicyclic) bond motifs is 2. The van der Waals surface area contributed by atoms with Crippen LogP contribution >= 0.6 is 11.3 Å². The van der Waals surface area contributed by atoms with Crippen LogP contribution in [0.25, 0.3) is 26.1 Å². The van der Waals surface area contributed by atoms with Gasteiger partial charge in [0.1, 0.15) is 5.82 Å². The summed E-state index contributed by atoms with van der Waals surface area (Å²) in [6.45, 7) is 6.09. The van der Waals surface area contributed by atoms with Crippen molar-refractivity contribution in [1.29, 1.82) is 0 Å². The summed E-state index contributed by atoms with van der Waals surface area (Å²) in [6.07, 6.45) is 0. The smallest absolute Gasteiger partial charge is 0.256 e. The van der Waals surface area contributed by atoms with E-state index in [4.69, 9.17) is 4.98 Å². The Morgan fingerprint density at radius 3 is 2.53 bits per heavy atom. The lowest BCUT2D eigenvalue weighted by Gasteiger charge is -2.07. The van der Waals surface area contributed by atoms with Gasteiger partial charge in [0.15, 0.2) is 0 Å². The summed E-state index contributed by atoms with van der Waals surface area (Å²) in [5, 5.41) is 10.4. The normalized spacial score (nSPS) is 11.3. The minimum atomic E-state index is -0.172. The second-order valence-corrected chi connectivity index (χ2v) is 8.51. The first kappa shape index (κ1) is 18.5. The predicted molar refractivity (Wildman–Crippen MR) is 123 cm³/mol. The standard InChI is InChI=1S/C24H20N4OS/c1-14-10-20-21(11-15(14)2)30-24(25-20)28-22(12-16(3)27-28)26-23(29)19-9-8-17-6-4-5-7-18(17)13-19/h4-13H,1-3H3,(H,26,29). The zero-order chi connectivity index (χ0) is 20.8. The van der Waals surface area contributed by atoms with Gasteiger partial charge in [0.2, 0.25) is 5.13 Å². The molecule has 0 bridgehead atoms. The van der Waals surface area contributed by atoms with Crippen LogP contribution in [-0.2, 0) is 0 Å². The van der Waals surface area contributed by atoms with Crippen molar-refractivity contribution in [3.05, 3.63) is 83.0 Å². The van der Waals surface area contributed by atoms with Crippen molar-refractivity contribution in [3.8, 4) is 5.13 Å². The average Bonchev–Trinajstić information content (AvgIpc) is 3.30. The molecular formula is C24H20N4OS. The van der Waals surface area contributed by atoms with Gasteiger partial charge in [-0.2, -0.15) is 9.78 Å². The Hall–Kier alpha value is -3.51. The largest absolute Gasteiger partial charge is 0.306 e. The zero-order valence-corrected chi connectivity index (χ0v) is 17.7. The molecule has 0 saturated carbocycles. The van der Waals surface area contributed by atoms with E-state index in [1.54, 1.807) is 16.0 Å². The molecule has 1 N–H and O–H groups in total. The number of carbonyl (C=O) groups excluding carboxylic acids is 1. The third kappa shape index (κ3) is 3.25. The topological polar surface area (TPSA) is 59.8 Å². The second kappa shape index (κ2) is 7.07. The fourth-order valence-electron chi connectivity index (χ4n) is 3.51. The van der Waals surface area contributed by atoms with Crippen molar-refractivity contribution in [2.45, 2.75) is 20.8 Å². The minimum absolute atomic E-state index is 0.172. The number of thiazole rings is 1. The van der Waals surface area contributed by atoms with Crippen LogP contribution in [0.15, 0.2) is 60.7 Å². The highest BCUT2D eigenvalue weighted by Crippen LogP contribution is 2.29. The van der Waals surface area contributed by atoms with Crippen LogP contribution in [0.1, 0.15) is 27.2 Å². The molecule has 3 aromatic carbocycles. The van der Waals surface area contributed by atoms with E-state index in [-0.39, 0.29) is 5.91 Å². The maximum absolute atomic E-state index is 12.9. The Balaban J connectivity index is 1.50. The van der Waals surface area contributed by atoms with Gasteiger partial charge in [0.05, 0.1) is 15.9 Å². The number of hydrogen-bond acceptors (Lipinski definition) is 4.